The van der Waals surface area contributed by atoms with Gasteiger partial charge >= 0.3 is 0 Å². The Morgan fingerprint density at radius 1 is 1.05 bits per heavy atom. The van der Waals surface area contributed by atoms with Gasteiger partial charge in [0.25, 0.3) is 0 Å². The highest BCUT2D eigenvalue weighted by molar-refractivity contribution is 7.98. The summed E-state index contributed by atoms with van der Waals surface area (Å²) in [5, 5.41) is 13.7. The highest BCUT2D eigenvalue weighted by Crippen LogP contribution is 2.17. The molecule has 0 fully saturated rings. The maximum atomic E-state index is 10.3. The molecule has 0 spiro atoms. The molecule has 2 nitrogen and oxygen atoms in total. The minimum absolute atomic E-state index is 0.0117. The second kappa shape index (κ2) is 7.48. The number of aliphatic hydroxyl groups is 1. The lowest BCUT2D eigenvalue weighted by atomic mass is 10.0. The lowest BCUT2D eigenvalue weighted by molar-refractivity contribution is 0.135. The number of hydrogen-bond acceptors (Lipinski definition) is 3. The first-order valence-electron chi connectivity index (χ1n) is 6.80. The highest BCUT2D eigenvalue weighted by atomic mass is 32.2. The summed E-state index contributed by atoms with van der Waals surface area (Å²) in [6.45, 7) is 2.77. The molecule has 106 valence electrons. The van der Waals surface area contributed by atoms with E-state index in [9.17, 15) is 5.11 Å². The van der Waals surface area contributed by atoms with Crippen LogP contribution < -0.4 is 5.32 Å². The molecule has 0 bridgehead atoms. The number of hydrogen-bond donors (Lipinski definition) is 2. The molecule has 2 rings (SSSR count). The molecule has 0 aliphatic rings. The Morgan fingerprint density at radius 3 is 2.30 bits per heavy atom. The molecule has 0 aromatic heterocycles. The van der Waals surface area contributed by atoms with Crippen molar-refractivity contribution in [2.24, 2.45) is 0 Å². The summed E-state index contributed by atoms with van der Waals surface area (Å²) in [7, 11) is 0. The van der Waals surface area contributed by atoms with Crippen LogP contribution in [0.5, 0.6) is 0 Å². The van der Waals surface area contributed by atoms with Gasteiger partial charge in [0.05, 0.1) is 6.10 Å². The first-order valence-corrected chi connectivity index (χ1v) is 8.02. The third-order valence-electron chi connectivity index (χ3n) is 3.40. The Bertz CT molecular complexity index is 512. The molecule has 2 N–H and O–H groups in total. The number of aliphatic hydroxyl groups excluding tert-OH is 1. The van der Waals surface area contributed by atoms with E-state index < -0.39 is 6.10 Å². The van der Waals surface area contributed by atoms with E-state index in [1.165, 1.54) is 10.5 Å². The smallest absolute Gasteiger partial charge is 0.0940 e. The first kappa shape index (κ1) is 15.1. The second-order valence-electron chi connectivity index (χ2n) is 4.87. The second-order valence-corrected chi connectivity index (χ2v) is 5.75. The summed E-state index contributed by atoms with van der Waals surface area (Å²) >= 11 is 1.74. The lowest BCUT2D eigenvalue weighted by Crippen LogP contribution is -2.31. The predicted molar refractivity (Wildman–Crippen MR) is 85.9 cm³/mol. The van der Waals surface area contributed by atoms with Crippen molar-refractivity contribution < 1.29 is 5.11 Å². The average molecular weight is 287 g/mol. The molecule has 0 heterocycles. The van der Waals surface area contributed by atoms with Crippen LogP contribution in [0, 0.1) is 0 Å². The van der Waals surface area contributed by atoms with E-state index in [-0.39, 0.29) is 6.04 Å². The van der Waals surface area contributed by atoms with Crippen LogP contribution in [0.25, 0.3) is 0 Å². The summed E-state index contributed by atoms with van der Waals surface area (Å²) in [6.07, 6.45) is 1.59. The number of nitrogens with one attached hydrogen (secondary N) is 1. The molecular formula is C17H21NOS. The topological polar surface area (TPSA) is 32.3 Å². The monoisotopic (exact) mass is 287 g/mol. The van der Waals surface area contributed by atoms with Gasteiger partial charge in [0, 0.05) is 17.5 Å². The lowest BCUT2D eigenvalue weighted by Gasteiger charge is -2.20. The predicted octanol–water partition coefficient (Wildman–Crippen LogP) is 3.62. The number of thioether (sulfide) groups is 1. The van der Waals surface area contributed by atoms with Crippen molar-refractivity contribution in [3.05, 3.63) is 65.7 Å². The van der Waals surface area contributed by atoms with Crippen molar-refractivity contribution in [3.63, 3.8) is 0 Å². The SMILES string of the molecule is CSc1ccc(CN[C@@H](C)[C@H](O)c2ccccc2)cc1. The van der Waals surface area contributed by atoms with E-state index in [1.54, 1.807) is 11.8 Å². The molecule has 0 aliphatic carbocycles. The van der Waals surface area contributed by atoms with Crippen LogP contribution in [0.1, 0.15) is 24.2 Å². The maximum Gasteiger partial charge on any atom is 0.0940 e. The summed E-state index contributed by atoms with van der Waals surface area (Å²) in [6, 6.07) is 18.3. The van der Waals surface area contributed by atoms with Gasteiger partial charge in [-0.1, -0.05) is 42.5 Å². The van der Waals surface area contributed by atoms with Gasteiger partial charge in [0.15, 0.2) is 0 Å². The molecule has 0 saturated carbocycles. The minimum atomic E-state index is -0.485. The van der Waals surface area contributed by atoms with Crippen LogP contribution in [-0.2, 0) is 6.54 Å². The highest BCUT2D eigenvalue weighted by Gasteiger charge is 2.15. The zero-order valence-electron chi connectivity index (χ0n) is 11.9. The maximum absolute atomic E-state index is 10.3. The first-order chi connectivity index (χ1) is 9.70. The summed E-state index contributed by atoms with van der Waals surface area (Å²) in [5.41, 5.74) is 2.18. The van der Waals surface area contributed by atoms with Crippen LogP contribution >= 0.6 is 11.8 Å². The largest absolute Gasteiger partial charge is 0.387 e. The Kier molecular flexibility index (Phi) is 5.65. The van der Waals surface area contributed by atoms with Crippen molar-refractivity contribution in [1.29, 1.82) is 0 Å². The van der Waals surface area contributed by atoms with Crippen LogP contribution in [0.4, 0.5) is 0 Å². The molecule has 20 heavy (non-hydrogen) atoms. The van der Waals surface area contributed by atoms with Gasteiger partial charge < -0.3 is 10.4 Å². The average Bonchev–Trinajstić information content (AvgIpc) is 2.53. The molecule has 0 unspecified atom stereocenters. The minimum Gasteiger partial charge on any atom is -0.387 e. The third kappa shape index (κ3) is 4.10. The van der Waals surface area contributed by atoms with E-state index in [0.717, 1.165) is 12.1 Å². The Balaban J connectivity index is 1.89. The number of benzene rings is 2. The molecule has 2 aromatic carbocycles. The Morgan fingerprint density at radius 2 is 1.70 bits per heavy atom. The quantitative estimate of drug-likeness (QED) is 0.796. The molecule has 0 radical (unpaired) electrons. The van der Waals surface area contributed by atoms with E-state index >= 15 is 0 Å². The zero-order chi connectivity index (χ0) is 14.4. The van der Waals surface area contributed by atoms with Gasteiger partial charge in [-0.25, -0.2) is 0 Å². The molecule has 0 saturated heterocycles. The van der Waals surface area contributed by atoms with Crippen LogP contribution in [0.15, 0.2) is 59.5 Å². The molecule has 2 aromatic rings. The summed E-state index contributed by atoms with van der Waals surface area (Å²) in [4.78, 5) is 1.27. The molecule has 0 amide bonds. The van der Waals surface area contributed by atoms with Gasteiger partial charge in [-0.05, 0) is 36.4 Å². The summed E-state index contributed by atoms with van der Waals surface area (Å²) in [5.74, 6) is 0. The Labute approximate surface area is 125 Å². The van der Waals surface area contributed by atoms with Crippen LogP contribution in [-0.4, -0.2) is 17.4 Å². The van der Waals surface area contributed by atoms with Crippen molar-refractivity contribution in [2.75, 3.05) is 6.26 Å². The molecule has 0 aliphatic heterocycles. The summed E-state index contributed by atoms with van der Waals surface area (Å²) < 4.78 is 0. The molecular weight excluding hydrogens is 266 g/mol. The molecule has 2 atom stereocenters. The van der Waals surface area contributed by atoms with Gasteiger partial charge in [-0.3, -0.25) is 0 Å². The standard InChI is InChI=1S/C17H21NOS/c1-13(17(19)15-6-4-3-5-7-15)18-12-14-8-10-16(20-2)11-9-14/h3-11,13,17-19H,12H2,1-2H3/t13-,17-/m0/s1. The Hall–Kier alpha value is -1.29. The van der Waals surface area contributed by atoms with E-state index in [0.29, 0.717) is 0 Å². The third-order valence-corrected chi connectivity index (χ3v) is 4.15. The van der Waals surface area contributed by atoms with Gasteiger partial charge in [-0.15, -0.1) is 11.8 Å². The number of rotatable bonds is 6. The normalized spacial score (nSPS) is 13.9. The van der Waals surface area contributed by atoms with E-state index in [2.05, 4.69) is 35.8 Å². The van der Waals surface area contributed by atoms with E-state index in [4.69, 9.17) is 0 Å². The van der Waals surface area contributed by atoms with Crippen molar-refractivity contribution in [1.82, 2.24) is 5.32 Å². The van der Waals surface area contributed by atoms with E-state index in [1.807, 2.05) is 37.3 Å². The van der Waals surface area contributed by atoms with Gasteiger partial charge in [-0.2, -0.15) is 0 Å². The fourth-order valence-electron chi connectivity index (χ4n) is 2.07. The van der Waals surface area contributed by atoms with Gasteiger partial charge in [0.2, 0.25) is 0 Å². The molecule has 3 heteroatoms. The van der Waals surface area contributed by atoms with Gasteiger partial charge in [0.1, 0.15) is 0 Å². The van der Waals surface area contributed by atoms with Crippen molar-refractivity contribution in [2.45, 2.75) is 30.5 Å². The fraction of sp³-hybridized carbons (Fsp3) is 0.294. The van der Waals surface area contributed by atoms with Crippen LogP contribution in [0.3, 0.4) is 0 Å². The fourth-order valence-corrected chi connectivity index (χ4v) is 2.48. The van der Waals surface area contributed by atoms with Crippen LogP contribution in [0.2, 0.25) is 0 Å². The van der Waals surface area contributed by atoms with Crippen molar-refractivity contribution >= 4 is 11.8 Å². The van der Waals surface area contributed by atoms with Crippen molar-refractivity contribution in [3.8, 4) is 0 Å². The zero-order valence-corrected chi connectivity index (χ0v) is 12.7.